The second-order valence-corrected chi connectivity index (χ2v) is 5.40. The zero-order valence-corrected chi connectivity index (χ0v) is 12.5. The van der Waals surface area contributed by atoms with Crippen LogP contribution in [0.2, 0.25) is 5.02 Å². The Hall–Kier alpha value is -1.14. The van der Waals surface area contributed by atoms with E-state index in [4.69, 9.17) is 11.6 Å². The van der Waals surface area contributed by atoms with Gasteiger partial charge in [-0.25, -0.2) is 0 Å². The monoisotopic (exact) mass is 372 g/mol. The van der Waals surface area contributed by atoms with Gasteiger partial charge in [0.15, 0.2) is 0 Å². The molecule has 0 saturated heterocycles. The Morgan fingerprint density at radius 1 is 1.33 bits per heavy atom. The third-order valence-corrected chi connectivity index (χ3v) is 3.89. The van der Waals surface area contributed by atoms with Crippen molar-refractivity contribution in [2.24, 2.45) is 0 Å². The van der Waals surface area contributed by atoms with Crippen molar-refractivity contribution in [1.82, 2.24) is 4.98 Å². The van der Waals surface area contributed by atoms with E-state index in [0.717, 1.165) is 9.13 Å². The quantitative estimate of drug-likeness (QED) is 0.813. The van der Waals surface area contributed by atoms with Gasteiger partial charge in [0, 0.05) is 15.3 Å². The third kappa shape index (κ3) is 3.20. The van der Waals surface area contributed by atoms with Crippen LogP contribution in [-0.4, -0.2) is 10.9 Å². The van der Waals surface area contributed by atoms with Gasteiger partial charge in [0.1, 0.15) is 0 Å². The number of halogens is 2. The molecule has 1 aromatic carbocycles. The lowest BCUT2D eigenvalue weighted by molar-refractivity contribution is 0.102. The Kier molecular flexibility index (Phi) is 4.19. The molecule has 0 saturated carbocycles. The number of aryl methyl sites for hydroxylation is 1. The number of nitrogens with zero attached hydrogens (tertiary/aromatic N) is 1. The van der Waals surface area contributed by atoms with Crippen molar-refractivity contribution in [1.29, 1.82) is 0 Å². The van der Waals surface area contributed by atoms with E-state index in [2.05, 4.69) is 32.9 Å². The van der Waals surface area contributed by atoms with Crippen LogP contribution in [0.5, 0.6) is 0 Å². The Bertz CT molecular complexity index is 601. The molecule has 2 rings (SSSR count). The van der Waals surface area contributed by atoms with E-state index < -0.39 is 0 Å². The van der Waals surface area contributed by atoms with Gasteiger partial charge in [0.2, 0.25) is 0 Å². The number of amides is 1. The van der Waals surface area contributed by atoms with Gasteiger partial charge in [-0.3, -0.25) is 9.78 Å². The van der Waals surface area contributed by atoms with E-state index in [1.807, 2.05) is 19.1 Å². The van der Waals surface area contributed by atoms with Crippen molar-refractivity contribution >= 4 is 45.8 Å². The number of hydrogen-bond donors (Lipinski definition) is 1. The van der Waals surface area contributed by atoms with E-state index in [1.54, 1.807) is 24.5 Å². The highest BCUT2D eigenvalue weighted by atomic mass is 127. The molecule has 0 atom stereocenters. The minimum atomic E-state index is -0.194. The smallest absolute Gasteiger partial charge is 0.255 e. The largest absolute Gasteiger partial charge is 0.321 e. The zero-order chi connectivity index (χ0) is 13.1. The molecule has 1 N–H and O–H groups in total. The molecule has 0 aliphatic carbocycles. The SMILES string of the molecule is Cc1cncc(NC(=O)c2ccc(I)c(Cl)c2)c1. The van der Waals surface area contributed by atoms with E-state index in [1.165, 1.54) is 0 Å². The first-order chi connectivity index (χ1) is 8.56. The van der Waals surface area contributed by atoms with E-state index in [-0.39, 0.29) is 5.91 Å². The summed E-state index contributed by atoms with van der Waals surface area (Å²) in [5.74, 6) is -0.194. The predicted octanol–water partition coefficient (Wildman–Crippen LogP) is 3.90. The number of carbonyl (C=O) groups is 1. The first-order valence-corrected chi connectivity index (χ1v) is 6.70. The lowest BCUT2D eigenvalue weighted by atomic mass is 10.2. The minimum Gasteiger partial charge on any atom is -0.321 e. The van der Waals surface area contributed by atoms with Gasteiger partial charge in [0.05, 0.1) is 16.9 Å². The zero-order valence-electron chi connectivity index (χ0n) is 9.58. The molecule has 2 aromatic rings. The standard InChI is InChI=1S/C13H10ClIN2O/c1-8-4-10(7-16-6-8)17-13(18)9-2-3-12(15)11(14)5-9/h2-7H,1H3,(H,17,18). The first-order valence-electron chi connectivity index (χ1n) is 5.24. The summed E-state index contributed by atoms with van der Waals surface area (Å²) in [6.07, 6.45) is 3.34. The number of nitrogens with one attached hydrogen (secondary N) is 1. The second kappa shape index (κ2) is 5.67. The highest BCUT2D eigenvalue weighted by molar-refractivity contribution is 14.1. The summed E-state index contributed by atoms with van der Waals surface area (Å²) in [4.78, 5) is 16.0. The van der Waals surface area contributed by atoms with Crippen molar-refractivity contribution in [3.63, 3.8) is 0 Å². The number of hydrogen-bond acceptors (Lipinski definition) is 2. The van der Waals surface area contributed by atoms with Crippen LogP contribution < -0.4 is 5.32 Å². The summed E-state index contributed by atoms with van der Waals surface area (Å²) in [5, 5.41) is 3.36. The molecular weight excluding hydrogens is 363 g/mol. The summed E-state index contributed by atoms with van der Waals surface area (Å²) in [7, 11) is 0. The van der Waals surface area contributed by atoms with Crippen LogP contribution in [0, 0.1) is 10.5 Å². The van der Waals surface area contributed by atoms with Crippen LogP contribution in [0.15, 0.2) is 36.7 Å². The molecule has 0 fully saturated rings. The molecule has 1 amide bonds. The molecule has 92 valence electrons. The lowest BCUT2D eigenvalue weighted by Gasteiger charge is -2.06. The van der Waals surface area contributed by atoms with Crippen molar-refractivity contribution in [2.75, 3.05) is 5.32 Å². The van der Waals surface area contributed by atoms with E-state index in [0.29, 0.717) is 16.3 Å². The highest BCUT2D eigenvalue weighted by Gasteiger charge is 2.08. The molecule has 0 spiro atoms. The molecule has 0 bridgehead atoms. The second-order valence-electron chi connectivity index (χ2n) is 3.83. The molecule has 1 heterocycles. The maximum absolute atomic E-state index is 12.0. The van der Waals surface area contributed by atoms with Gasteiger partial charge < -0.3 is 5.32 Å². The number of aromatic nitrogens is 1. The number of benzene rings is 1. The molecular formula is C13H10ClIN2O. The summed E-state index contributed by atoms with van der Waals surface area (Å²) >= 11 is 8.11. The van der Waals surface area contributed by atoms with E-state index >= 15 is 0 Å². The maximum Gasteiger partial charge on any atom is 0.255 e. The summed E-state index contributed by atoms with van der Waals surface area (Å²) in [6.45, 7) is 1.92. The Morgan fingerprint density at radius 2 is 2.11 bits per heavy atom. The fourth-order valence-electron chi connectivity index (χ4n) is 1.46. The fourth-order valence-corrected chi connectivity index (χ4v) is 1.98. The normalized spacial score (nSPS) is 10.2. The summed E-state index contributed by atoms with van der Waals surface area (Å²) < 4.78 is 0.919. The highest BCUT2D eigenvalue weighted by Crippen LogP contribution is 2.20. The van der Waals surface area contributed by atoms with Crippen LogP contribution in [-0.2, 0) is 0 Å². The van der Waals surface area contributed by atoms with E-state index in [9.17, 15) is 4.79 Å². The average Bonchev–Trinajstić information content (AvgIpc) is 2.32. The lowest BCUT2D eigenvalue weighted by Crippen LogP contribution is -2.12. The third-order valence-electron chi connectivity index (χ3n) is 2.31. The molecule has 3 nitrogen and oxygen atoms in total. The number of anilines is 1. The summed E-state index contributed by atoms with van der Waals surface area (Å²) in [5.41, 5.74) is 2.20. The van der Waals surface area contributed by atoms with Crippen molar-refractivity contribution in [3.8, 4) is 0 Å². The van der Waals surface area contributed by atoms with Crippen molar-refractivity contribution < 1.29 is 4.79 Å². The minimum absolute atomic E-state index is 0.194. The van der Waals surface area contributed by atoms with Crippen LogP contribution in [0.4, 0.5) is 5.69 Å². The molecule has 1 aromatic heterocycles. The summed E-state index contributed by atoms with van der Waals surface area (Å²) in [6, 6.07) is 7.07. The number of carbonyl (C=O) groups excluding carboxylic acids is 1. The van der Waals surface area contributed by atoms with Crippen LogP contribution in [0.1, 0.15) is 15.9 Å². The molecule has 0 aliphatic rings. The van der Waals surface area contributed by atoms with Gasteiger partial charge in [-0.2, -0.15) is 0 Å². The van der Waals surface area contributed by atoms with Crippen LogP contribution in [0.3, 0.4) is 0 Å². The van der Waals surface area contributed by atoms with Gasteiger partial charge in [-0.15, -0.1) is 0 Å². The maximum atomic E-state index is 12.0. The molecule has 0 aliphatic heterocycles. The Balaban J connectivity index is 2.19. The Labute approximate surface area is 124 Å². The van der Waals surface area contributed by atoms with Gasteiger partial charge in [-0.05, 0) is 59.3 Å². The number of pyridine rings is 1. The molecule has 5 heteroatoms. The topological polar surface area (TPSA) is 42.0 Å². The first kappa shape index (κ1) is 13.3. The van der Waals surface area contributed by atoms with Gasteiger partial charge >= 0.3 is 0 Å². The van der Waals surface area contributed by atoms with Crippen molar-refractivity contribution in [2.45, 2.75) is 6.92 Å². The van der Waals surface area contributed by atoms with Gasteiger partial charge in [-0.1, -0.05) is 11.6 Å². The van der Waals surface area contributed by atoms with Crippen LogP contribution in [0.25, 0.3) is 0 Å². The fraction of sp³-hybridized carbons (Fsp3) is 0.0769. The molecule has 0 unspecified atom stereocenters. The van der Waals surface area contributed by atoms with Crippen molar-refractivity contribution in [3.05, 3.63) is 56.4 Å². The average molecular weight is 373 g/mol. The Morgan fingerprint density at radius 3 is 2.78 bits per heavy atom. The molecule has 0 radical (unpaired) electrons. The van der Waals surface area contributed by atoms with Gasteiger partial charge in [0.25, 0.3) is 5.91 Å². The molecule has 18 heavy (non-hydrogen) atoms. The predicted molar refractivity (Wildman–Crippen MR) is 81.1 cm³/mol. The van der Waals surface area contributed by atoms with Crippen LogP contribution >= 0.6 is 34.2 Å². The number of rotatable bonds is 2.